The van der Waals surface area contributed by atoms with Crippen LogP contribution in [0.15, 0.2) is 54.6 Å². The SMILES string of the molecule is CNCCC=C1c2ccccc2COc2ccccc21.Cl. The molecule has 0 saturated carbocycles. The minimum Gasteiger partial charge on any atom is -0.488 e. The van der Waals surface area contributed by atoms with E-state index in [9.17, 15) is 0 Å². The molecule has 2 aromatic carbocycles. The monoisotopic (exact) mass is 301 g/mol. The van der Waals surface area contributed by atoms with Gasteiger partial charge in [0.1, 0.15) is 12.4 Å². The Morgan fingerprint density at radius 2 is 1.76 bits per heavy atom. The number of benzene rings is 2. The Morgan fingerprint density at radius 3 is 2.57 bits per heavy atom. The van der Waals surface area contributed by atoms with Crippen molar-refractivity contribution in [2.75, 3.05) is 13.6 Å². The molecule has 0 unspecified atom stereocenters. The number of ether oxygens (including phenoxy) is 1. The number of fused-ring (bicyclic) bond motifs is 2. The smallest absolute Gasteiger partial charge is 0.127 e. The lowest BCUT2D eigenvalue weighted by atomic mass is 9.93. The molecule has 0 atom stereocenters. The highest BCUT2D eigenvalue weighted by molar-refractivity contribution is 5.85. The molecule has 1 N–H and O–H groups in total. The zero-order valence-electron chi connectivity index (χ0n) is 12.1. The summed E-state index contributed by atoms with van der Waals surface area (Å²) in [6.07, 6.45) is 3.32. The first-order valence-electron chi connectivity index (χ1n) is 7.05. The van der Waals surface area contributed by atoms with E-state index in [1.807, 2.05) is 19.2 Å². The van der Waals surface area contributed by atoms with Gasteiger partial charge in [-0.2, -0.15) is 0 Å². The molecule has 1 heterocycles. The Morgan fingerprint density at radius 1 is 1.05 bits per heavy atom. The summed E-state index contributed by atoms with van der Waals surface area (Å²) in [6.45, 7) is 1.62. The normalized spacial score (nSPS) is 14.4. The van der Waals surface area contributed by atoms with Crippen molar-refractivity contribution in [3.05, 3.63) is 71.3 Å². The molecule has 0 saturated heterocycles. The lowest BCUT2D eigenvalue weighted by Gasteiger charge is -2.10. The molecule has 21 heavy (non-hydrogen) atoms. The number of nitrogens with one attached hydrogen (secondary N) is 1. The van der Waals surface area contributed by atoms with E-state index in [1.165, 1.54) is 22.3 Å². The summed E-state index contributed by atoms with van der Waals surface area (Å²) in [5, 5.41) is 3.20. The van der Waals surface area contributed by atoms with E-state index in [2.05, 4.69) is 47.8 Å². The lowest BCUT2D eigenvalue weighted by molar-refractivity contribution is 0.307. The summed E-state index contributed by atoms with van der Waals surface area (Å²) in [7, 11) is 1.98. The molecule has 1 aliphatic heterocycles. The minimum absolute atomic E-state index is 0. The number of rotatable bonds is 3. The van der Waals surface area contributed by atoms with E-state index in [1.54, 1.807) is 0 Å². The fourth-order valence-corrected chi connectivity index (χ4v) is 2.61. The fourth-order valence-electron chi connectivity index (χ4n) is 2.61. The maximum absolute atomic E-state index is 5.96. The average molecular weight is 302 g/mol. The van der Waals surface area contributed by atoms with Gasteiger partial charge in [0.05, 0.1) is 0 Å². The number of para-hydroxylation sites is 1. The van der Waals surface area contributed by atoms with E-state index in [-0.39, 0.29) is 12.4 Å². The van der Waals surface area contributed by atoms with Gasteiger partial charge in [0, 0.05) is 5.56 Å². The topological polar surface area (TPSA) is 21.3 Å². The van der Waals surface area contributed by atoms with Gasteiger partial charge in [-0.1, -0.05) is 48.5 Å². The van der Waals surface area contributed by atoms with Gasteiger partial charge in [-0.05, 0) is 42.8 Å². The Balaban J connectivity index is 0.00000161. The maximum Gasteiger partial charge on any atom is 0.127 e. The van der Waals surface area contributed by atoms with Crippen LogP contribution in [-0.4, -0.2) is 13.6 Å². The molecule has 0 aromatic heterocycles. The van der Waals surface area contributed by atoms with Gasteiger partial charge in [0.25, 0.3) is 0 Å². The van der Waals surface area contributed by atoms with Crippen molar-refractivity contribution < 1.29 is 4.74 Å². The van der Waals surface area contributed by atoms with E-state index >= 15 is 0 Å². The Bertz CT molecular complexity index is 587. The Kier molecular flexibility index (Phi) is 5.43. The van der Waals surface area contributed by atoms with Crippen LogP contribution in [0.1, 0.15) is 23.1 Å². The van der Waals surface area contributed by atoms with Crippen LogP contribution < -0.4 is 10.1 Å². The molecule has 3 rings (SSSR count). The second kappa shape index (κ2) is 7.30. The van der Waals surface area contributed by atoms with E-state index in [0.29, 0.717) is 6.61 Å². The third kappa shape index (κ3) is 3.29. The third-order valence-electron chi connectivity index (χ3n) is 3.61. The molecule has 0 aliphatic carbocycles. The first-order chi connectivity index (χ1) is 9.90. The molecule has 3 heteroatoms. The molecule has 0 spiro atoms. The second-order valence-electron chi connectivity index (χ2n) is 4.95. The highest BCUT2D eigenvalue weighted by Crippen LogP contribution is 2.36. The molecule has 110 valence electrons. The van der Waals surface area contributed by atoms with Crippen molar-refractivity contribution >= 4 is 18.0 Å². The number of halogens is 1. The summed E-state index contributed by atoms with van der Waals surface area (Å²) in [5.74, 6) is 0.972. The van der Waals surface area contributed by atoms with Gasteiger partial charge in [-0.3, -0.25) is 0 Å². The summed E-state index contributed by atoms with van der Waals surface area (Å²) < 4.78 is 5.96. The van der Waals surface area contributed by atoms with Crippen LogP contribution in [0.2, 0.25) is 0 Å². The molecule has 2 aromatic rings. The lowest BCUT2D eigenvalue weighted by Crippen LogP contribution is -2.06. The van der Waals surface area contributed by atoms with Gasteiger partial charge in [0.2, 0.25) is 0 Å². The maximum atomic E-state index is 5.96. The molecule has 0 amide bonds. The molecular formula is C18H20ClNO. The predicted octanol–water partition coefficient (Wildman–Crippen LogP) is 4.04. The van der Waals surface area contributed by atoms with Gasteiger partial charge >= 0.3 is 0 Å². The van der Waals surface area contributed by atoms with Gasteiger partial charge in [-0.25, -0.2) is 0 Å². The Labute approximate surface area is 132 Å². The van der Waals surface area contributed by atoms with Crippen molar-refractivity contribution in [1.82, 2.24) is 5.32 Å². The zero-order chi connectivity index (χ0) is 13.8. The third-order valence-corrected chi connectivity index (χ3v) is 3.61. The van der Waals surface area contributed by atoms with Crippen molar-refractivity contribution in [2.24, 2.45) is 0 Å². The molecule has 1 aliphatic rings. The average Bonchev–Trinajstić information content (AvgIpc) is 2.66. The highest BCUT2D eigenvalue weighted by Gasteiger charge is 2.17. The summed E-state index contributed by atoms with van der Waals surface area (Å²) in [5.41, 5.74) is 5.01. The number of hydrogen-bond donors (Lipinski definition) is 1. The first kappa shape index (κ1) is 15.6. The van der Waals surface area contributed by atoms with Crippen molar-refractivity contribution in [3.63, 3.8) is 0 Å². The van der Waals surface area contributed by atoms with Crippen LogP contribution in [0.25, 0.3) is 5.57 Å². The van der Waals surface area contributed by atoms with E-state index in [0.717, 1.165) is 18.7 Å². The highest BCUT2D eigenvalue weighted by atomic mass is 35.5. The van der Waals surface area contributed by atoms with E-state index in [4.69, 9.17) is 4.74 Å². The van der Waals surface area contributed by atoms with Crippen molar-refractivity contribution in [2.45, 2.75) is 13.0 Å². The minimum atomic E-state index is 0. The molecule has 0 radical (unpaired) electrons. The second-order valence-corrected chi connectivity index (χ2v) is 4.95. The quantitative estimate of drug-likeness (QED) is 0.864. The van der Waals surface area contributed by atoms with Gasteiger partial charge in [-0.15, -0.1) is 12.4 Å². The van der Waals surface area contributed by atoms with Crippen molar-refractivity contribution in [1.29, 1.82) is 0 Å². The van der Waals surface area contributed by atoms with Crippen LogP contribution in [0.3, 0.4) is 0 Å². The number of hydrogen-bond acceptors (Lipinski definition) is 2. The van der Waals surface area contributed by atoms with Crippen molar-refractivity contribution in [3.8, 4) is 5.75 Å². The summed E-state index contributed by atoms with van der Waals surface area (Å²) in [4.78, 5) is 0. The molecular weight excluding hydrogens is 282 g/mol. The predicted molar refractivity (Wildman–Crippen MR) is 90.1 cm³/mol. The summed E-state index contributed by atoms with van der Waals surface area (Å²) >= 11 is 0. The molecule has 0 bridgehead atoms. The molecule has 2 nitrogen and oxygen atoms in total. The fraction of sp³-hybridized carbons (Fsp3) is 0.222. The zero-order valence-corrected chi connectivity index (χ0v) is 13.0. The first-order valence-corrected chi connectivity index (χ1v) is 7.05. The largest absolute Gasteiger partial charge is 0.488 e. The van der Waals surface area contributed by atoms with E-state index < -0.39 is 0 Å². The molecule has 0 fully saturated rings. The van der Waals surface area contributed by atoms with Gasteiger partial charge in [0.15, 0.2) is 0 Å². The van der Waals surface area contributed by atoms with Crippen LogP contribution in [0.5, 0.6) is 5.75 Å². The Hall–Kier alpha value is -1.77. The standard InChI is InChI=1S/C18H19NO.ClH/c1-19-12-6-10-16-15-8-3-2-7-14(15)13-20-18-11-5-4-9-17(16)18;/h2-5,7-11,19H,6,12-13H2,1H3;1H. The summed E-state index contributed by atoms with van der Waals surface area (Å²) in [6, 6.07) is 16.8. The van der Waals surface area contributed by atoms with Crippen LogP contribution in [0, 0.1) is 0 Å². The van der Waals surface area contributed by atoms with Gasteiger partial charge < -0.3 is 10.1 Å². The van der Waals surface area contributed by atoms with Crippen LogP contribution in [0.4, 0.5) is 0 Å². The van der Waals surface area contributed by atoms with Crippen LogP contribution in [-0.2, 0) is 6.61 Å². The van der Waals surface area contributed by atoms with Crippen LogP contribution >= 0.6 is 12.4 Å².